The number of hydrogen-bond acceptors (Lipinski definition) is 4. The second kappa shape index (κ2) is 4.41. The van der Waals surface area contributed by atoms with E-state index in [1.165, 1.54) is 16.7 Å². The maximum atomic E-state index is 12.5. The molecule has 0 spiro atoms. The summed E-state index contributed by atoms with van der Waals surface area (Å²) in [7, 11) is 0. The van der Waals surface area contributed by atoms with Gasteiger partial charge in [0, 0.05) is 22.7 Å². The van der Waals surface area contributed by atoms with Crippen LogP contribution in [-0.4, -0.2) is 21.3 Å². The van der Waals surface area contributed by atoms with Crippen LogP contribution in [0.1, 0.15) is 20.7 Å². The van der Waals surface area contributed by atoms with Crippen LogP contribution in [0, 0.1) is 10.1 Å². The number of amides is 1. The van der Waals surface area contributed by atoms with E-state index in [0.29, 0.717) is 11.0 Å². The molecule has 2 N–H and O–H groups in total. The van der Waals surface area contributed by atoms with Gasteiger partial charge in [0.25, 0.3) is 11.6 Å². The molecule has 21 heavy (non-hydrogen) atoms. The van der Waals surface area contributed by atoms with Crippen LogP contribution in [0.5, 0.6) is 0 Å². The molecule has 0 atom stereocenters. The van der Waals surface area contributed by atoms with Crippen molar-refractivity contribution in [2.75, 3.05) is 0 Å². The third kappa shape index (κ3) is 1.91. The first-order valence-electron chi connectivity index (χ1n) is 6.02. The number of carbonyl (C=O) groups is 2. The quantitative estimate of drug-likeness (QED) is 0.583. The number of nitro groups is 1. The van der Waals surface area contributed by atoms with Gasteiger partial charge in [-0.25, -0.2) is 0 Å². The third-order valence-corrected chi connectivity index (χ3v) is 3.28. The predicted molar refractivity (Wildman–Crippen MR) is 74.5 cm³/mol. The molecule has 2 bridgehead atoms. The second-order valence-electron chi connectivity index (χ2n) is 4.51. The Balaban J connectivity index is 2.16. The number of nitrogens with two attached hydrogens (primary N) is 1. The highest BCUT2D eigenvalue weighted by atomic mass is 16.6. The van der Waals surface area contributed by atoms with Gasteiger partial charge in [-0.15, -0.1) is 0 Å². The number of nitrogens with zero attached hydrogens (tertiary/aromatic N) is 2. The first-order chi connectivity index (χ1) is 9.99. The van der Waals surface area contributed by atoms with Crippen LogP contribution >= 0.6 is 0 Å². The number of rotatable bonds is 3. The van der Waals surface area contributed by atoms with Crippen molar-refractivity contribution in [1.82, 2.24) is 4.57 Å². The first kappa shape index (κ1) is 12.8. The van der Waals surface area contributed by atoms with E-state index in [0.717, 1.165) is 6.07 Å². The number of nitro benzene ring substituents is 1. The summed E-state index contributed by atoms with van der Waals surface area (Å²) in [5.74, 6) is -1.30. The Morgan fingerprint density at radius 1 is 1.05 bits per heavy atom. The standard InChI is InChI=1S/C14H9N3O4/c15-13(18)8-1-6-11(12(7-8)17(20)21)14(19)16-9-2-3-10(16)5-4-9/h1-7H,(H2,15,18). The highest BCUT2D eigenvalue weighted by Gasteiger charge is 2.24. The minimum atomic E-state index is -0.787. The zero-order valence-corrected chi connectivity index (χ0v) is 10.6. The lowest BCUT2D eigenvalue weighted by Gasteiger charge is -2.05. The van der Waals surface area contributed by atoms with Gasteiger partial charge in [0.1, 0.15) is 5.56 Å². The smallest absolute Gasteiger partial charge is 0.282 e. The number of primary amides is 1. The lowest BCUT2D eigenvalue weighted by Crippen LogP contribution is -2.15. The van der Waals surface area contributed by atoms with Crippen LogP contribution < -0.4 is 5.73 Å². The van der Waals surface area contributed by atoms with Gasteiger partial charge in [-0.05, 0) is 36.4 Å². The Hall–Kier alpha value is -3.22. The van der Waals surface area contributed by atoms with E-state index in [9.17, 15) is 19.7 Å². The lowest BCUT2D eigenvalue weighted by molar-refractivity contribution is -0.385. The van der Waals surface area contributed by atoms with Crippen LogP contribution in [0.25, 0.3) is 11.0 Å². The van der Waals surface area contributed by atoms with Crippen molar-refractivity contribution >= 4 is 28.5 Å². The highest BCUT2D eigenvalue weighted by molar-refractivity contribution is 6.06. The van der Waals surface area contributed by atoms with Gasteiger partial charge >= 0.3 is 0 Å². The molecule has 104 valence electrons. The summed E-state index contributed by atoms with van der Waals surface area (Å²) in [4.78, 5) is 34.0. The van der Waals surface area contributed by atoms with Crippen LogP contribution in [-0.2, 0) is 0 Å². The zero-order valence-electron chi connectivity index (χ0n) is 10.6. The van der Waals surface area contributed by atoms with Crippen molar-refractivity contribution in [2.24, 2.45) is 5.73 Å². The average molecular weight is 283 g/mol. The normalized spacial score (nSPS) is 10.9. The monoisotopic (exact) mass is 283 g/mol. The molecule has 1 aromatic carbocycles. The van der Waals surface area contributed by atoms with Gasteiger partial charge in [-0.3, -0.25) is 24.3 Å². The van der Waals surface area contributed by atoms with Crippen LogP contribution in [0.15, 0.2) is 42.5 Å². The SMILES string of the molecule is NC(=O)c1ccc(C(=O)n2c3ccc2cc3)c([N+](=O)[O-])c1. The largest absolute Gasteiger partial charge is 0.366 e. The highest BCUT2D eigenvalue weighted by Crippen LogP contribution is 2.25. The van der Waals surface area contributed by atoms with Crippen molar-refractivity contribution < 1.29 is 14.5 Å². The maximum Gasteiger partial charge on any atom is 0.282 e. The number of benzene rings is 2. The summed E-state index contributed by atoms with van der Waals surface area (Å²) in [6.07, 6.45) is 0. The minimum Gasteiger partial charge on any atom is -0.366 e. The molecule has 0 saturated carbocycles. The van der Waals surface area contributed by atoms with E-state index in [4.69, 9.17) is 5.73 Å². The van der Waals surface area contributed by atoms with E-state index < -0.39 is 22.4 Å². The second-order valence-corrected chi connectivity index (χ2v) is 4.51. The van der Waals surface area contributed by atoms with Crippen molar-refractivity contribution in [2.45, 2.75) is 0 Å². The third-order valence-electron chi connectivity index (χ3n) is 3.28. The maximum absolute atomic E-state index is 12.5. The Labute approximate surface area is 118 Å². The van der Waals surface area contributed by atoms with E-state index in [-0.39, 0.29) is 11.1 Å². The average Bonchev–Trinajstić information content (AvgIpc) is 3.05. The fourth-order valence-electron chi connectivity index (χ4n) is 2.27. The molecule has 0 aliphatic rings. The summed E-state index contributed by atoms with van der Waals surface area (Å²) >= 11 is 0. The minimum absolute atomic E-state index is 0.0146. The molecule has 0 unspecified atom stereocenters. The fourth-order valence-corrected chi connectivity index (χ4v) is 2.27. The van der Waals surface area contributed by atoms with Gasteiger partial charge in [-0.2, -0.15) is 0 Å². The zero-order chi connectivity index (χ0) is 15.1. The topological polar surface area (TPSA) is 108 Å². The van der Waals surface area contributed by atoms with Crippen LogP contribution in [0.3, 0.4) is 0 Å². The first-order valence-corrected chi connectivity index (χ1v) is 6.02. The number of carbonyl (C=O) groups excluding carboxylic acids is 2. The molecule has 7 nitrogen and oxygen atoms in total. The summed E-state index contributed by atoms with van der Waals surface area (Å²) in [6, 6.07) is 10.6. The Morgan fingerprint density at radius 2 is 1.62 bits per heavy atom. The van der Waals surface area contributed by atoms with Crippen molar-refractivity contribution in [3.8, 4) is 0 Å². The Bertz CT molecular complexity index is 833. The van der Waals surface area contributed by atoms with E-state index >= 15 is 0 Å². The molecule has 7 heteroatoms. The molecule has 0 fully saturated rings. The lowest BCUT2D eigenvalue weighted by atomic mass is 10.1. The molecular weight excluding hydrogens is 274 g/mol. The van der Waals surface area contributed by atoms with Crippen molar-refractivity contribution in [1.29, 1.82) is 0 Å². The van der Waals surface area contributed by atoms with Crippen molar-refractivity contribution in [3.63, 3.8) is 0 Å². The molecule has 0 aliphatic heterocycles. The Morgan fingerprint density at radius 3 is 2.10 bits per heavy atom. The Kier molecular flexibility index (Phi) is 2.69. The molecule has 0 aliphatic carbocycles. The number of hydrogen-bond donors (Lipinski definition) is 1. The van der Waals surface area contributed by atoms with E-state index in [2.05, 4.69) is 0 Å². The van der Waals surface area contributed by atoms with Crippen molar-refractivity contribution in [3.05, 3.63) is 63.7 Å². The van der Waals surface area contributed by atoms with Gasteiger partial charge in [0.15, 0.2) is 0 Å². The van der Waals surface area contributed by atoms with Gasteiger partial charge in [0.2, 0.25) is 5.91 Å². The van der Waals surface area contributed by atoms with Crippen LogP contribution in [0.4, 0.5) is 5.69 Å². The van der Waals surface area contributed by atoms with Gasteiger partial charge < -0.3 is 5.73 Å². The fraction of sp³-hybridized carbons (Fsp3) is 0. The molecule has 3 rings (SSSR count). The summed E-state index contributed by atoms with van der Waals surface area (Å²) in [5.41, 5.74) is 5.87. The van der Waals surface area contributed by atoms with Gasteiger partial charge in [-0.1, -0.05) is 0 Å². The van der Waals surface area contributed by atoms with E-state index in [1.807, 2.05) is 0 Å². The predicted octanol–water partition coefficient (Wildman–Crippen LogP) is 1.77. The number of fused-ring (bicyclic) bond motifs is 2. The molecular formula is C14H9N3O4. The molecule has 0 radical (unpaired) electrons. The summed E-state index contributed by atoms with van der Waals surface area (Å²) in [5, 5.41) is 11.1. The molecule has 2 heterocycles. The molecule has 3 aromatic rings. The van der Waals surface area contributed by atoms with Crippen LogP contribution in [0.2, 0.25) is 0 Å². The molecule has 1 amide bonds. The molecule has 0 saturated heterocycles. The number of aromatic nitrogens is 1. The molecule has 2 aromatic heterocycles. The summed E-state index contributed by atoms with van der Waals surface area (Å²) in [6.45, 7) is 0. The van der Waals surface area contributed by atoms with E-state index in [1.54, 1.807) is 24.3 Å². The summed E-state index contributed by atoms with van der Waals surface area (Å²) < 4.78 is 1.38. The van der Waals surface area contributed by atoms with Gasteiger partial charge in [0.05, 0.1) is 4.92 Å².